The normalized spacial score (nSPS) is 13.3. The van der Waals surface area contributed by atoms with Crippen LogP contribution in [0.3, 0.4) is 0 Å². The summed E-state index contributed by atoms with van der Waals surface area (Å²) in [7, 11) is -4.70. The predicted molar refractivity (Wildman–Crippen MR) is 190 cm³/mol. The molecule has 3 heterocycles. The standard InChI is InChI=1S/C35H43N6O10P/c1-3-4-6-28-39-33-34(40(28)21-24-10-12-27(22(2)19-24)51-52(46,47)48)25-20-23(9-11-26(25)38-35(33)36)15-17-49-18-16-37-29(42)7-5-8-32(45)50-41-30(43)13-14-31(41)44/h9-12,19-20H,3-8,13-18,21H2,1-2H3,(H2,36,38)(H,37,42)(H2,46,47,48). The second-order valence-electron chi connectivity index (χ2n) is 12.6. The summed E-state index contributed by atoms with van der Waals surface area (Å²) in [5.74, 6) is -0.803. The van der Waals surface area contributed by atoms with Crippen LogP contribution < -0.4 is 15.6 Å². The fourth-order valence-corrected chi connectivity index (χ4v) is 6.38. The molecule has 16 nitrogen and oxygen atoms in total. The number of nitrogen functional groups attached to an aromatic ring is 1. The van der Waals surface area contributed by atoms with Crippen LogP contribution in [-0.2, 0) is 52.7 Å². The summed E-state index contributed by atoms with van der Waals surface area (Å²) in [6.07, 6.45) is 3.43. The SMILES string of the molecule is CCCCc1nc2c(N)nc3ccc(CCOCCNC(=O)CCCC(=O)ON4C(=O)CCC4=O)cc3c2n1Cc1ccc(OP(=O)(O)O)c(C)c1. The molecule has 5 rings (SSSR count). The minimum atomic E-state index is -4.70. The number of carbonyl (C=O) groups is 4. The van der Waals surface area contributed by atoms with E-state index in [9.17, 15) is 33.5 Å². The molecule has 278 valence electrons. The number of imide groups is 1. The van der Waals surface area contributed by atoms with E-state index in [4.69, 9.17) is 24.8 Å². The summed E-state index contributed by atoms with van der Waals surface area (Å²) in [6, 6.07) is 11.1. The Morgan fingerprint density at radius 2 is 1.73 bits per heavy atom. The van der Waals surface area contributed by atoms with Crippen LogP contribution in [-0.4, -0.2) is 72.8 Å². The van der Waals surface area contributed by atoms with E-state index in [1.807, 2.05) is 18.2 Å². The third kappa shape index (κ3) is 9.91. The Kier molecular flexibility index (Phi) is 12.6. The smallest absolute Gasteiger partial charge is 0.404 e. The van der Waals surface area contributed by atoms with Gasteiger partial charge in [0.15, 0.2) is 5.82 Å². The molecule has 2 aromatic heterocycles. The fraction of sp³-hybridized carbons (Fsp3) is 0.429. The molecule has 52 heavy (non-hydrogen) atoms. The maximum atomic E-state index is 12.2. The molecular formula is C35H43N6O10P. The fourth-order valence-electron chi connectivity index (χ4n) is 5.92. The molecule has 2 aromatic carbocycles. The lowest BCUT2D eigenvalue weighted by Gasteiger charge is -2.14. The number of phosphoric ester groups is 1. The lowest BCUT2D eigenvalue weighted by atomic mass is 10.1. The van der Waals surface area contributed by atoms with Crippen LogP contribution in [0.4, 0.5) is 5.82 Å². The number of nitrogens with two attached hydrogens (primary N) is 1. The molecule has 1 aliphatic heterocycles. The van der Waals surface area contributed by atoms with Crippen molar-refractivity contribution < 1.29 is 47.6 Å². The van der Waals surface area contributed by atoms with Gasteiger partial charge in [0.2, 0.25) is 5.91 Å². The lowest BCUT2D eigenvalue weighted by Crippen LogP contribution is -2.32. The number of aryl methyl sites for hydroxylation is 2. The van der Waals surface area contributed by atoms with Crippen molar-refractivity contribution in [1.82, 2.24) is 24.9 Å². The van der Waals surface area contributed by atoms with E-state index >= 15 is 0 Å². The molecule has 3 amide bonds. The first-order chi connectivity index (χ1) is 24.8. The average Bonchev–Trinajstić information content (AvgIpc) is 3.61. The molecule has 0 saturated carbocycles. The number of aromatic nitrogens is 3. The maximum absolute atomic E-state index is 12.2. The van der Waals surface area contributed by atoms with Gasteiger partial charge in [-0.25, -0.2) is 19.3 Å². The molecule has 1 aliphatic rings. The molecule has 4 aromatic rings. The Labute approximate surface area is 299 Å². The molecule has 0 aliphatic carbocycles. The first-order valence-corrected chi connectivity index (χ1v) is 18.7. The quantitative estimate of drug-likeness (QED) is 0.0648. The van der Waals surface area contributed by atoms with Crippen molar-refractivity contribution in [1.29, 1.82) is 0 Å². The molecule has 0 radical (unpaired) electrons. The minimum Gasteiger partial charge on any atom is -0.404 e. The number of nitrogens with zero attached hydrogens (tertiary/aromatic N) is 4. The van der Waals surface area contributed by atoms with Gasteiger partial charge in [-0.15, -0.1) is 5.06 Å². The van der Waals surface area contributed by atoms with Crippen molar-refractivity contribution in [2.75, 3.05) is 25.5 Å². The average molecular weight is 739 g/mol. The van der Waals surface area contributed by atoms with Crippen molar-refractivity contribution in [3.05, 3.63) is 58.9 Å². The zero-order valence-corrected chi connectivity index (χ0v) is 30.0. The van der Waals surface area contributed by atoms with E-state index in [-0.39, 0.29) is 56.9 Å². The number of hydrogen-bond acceptors (Lipinski definition) is 11. The Balaban J connectivity index is 1.18. The Morgan fingerprint density at radius 1 is 0.981 bits per heavy atom. The number of fused-ring (bicyclic) bond motifs is 3. The molecule has 0 unspecified atom stereocenters. The number of amides is 3. The maximum Gasteiger partial charge on any atom is 0.524 e. The number of nitrogens with one attached hydrogen (secondary N) is 1. The topological polar surface area (TPSA) is 225 Å². The van der Waals surface area contributed by atoms with Crippen LogP contribution in [0.15, 0.2) is 36.4 Å². The summed E-state index contributed by atoms with van der Waals surface area (Å²) >= 11 is 0. The summed E-state index contributed by atoms with van der Waals surface area (Å²) in [4.78, 5) is 80.0. The molecule has 1 fully saturated rings. The van der Waals surface area contributed by atoms with Gasteiger partial charge in [-0.3, -0.25) is 24.2 Å². The monoisotopic (exact) mass is 738 g/mol. The first-order valence-electron chi connectivity index (χ1n) is 17.2. The van der Waals surface area contributed by atoms with Gasteiger partial charge in [-0.2, -0.15) is 0 Å². The summed E-state index contributed by atoms with van der Waals surface area (Å²) in [5.41, 5.74) is 11.1. The van der Waals surface area contributed by atoms with Crippen LogP contribution in [0.25, 0.3) is 21.9 Å². The highest BCUT2D eigenvalue weighted by molar-refractivity contribution is 7.46. The number of imidazole rings is 1. The lowest BCUT2D eigenvalue weighted by molar-refractivity contribution is -0.197. The number of hydroxylamine groups is 2. The van der Waals surface area contributed by atoms with Gasteiger partial charge in [0, 0.05) is 50.6 Å². The van der Waals surface area contributed by atoms with Crippen molar-refractivity contribution in [3.8, 4) is 5.75 Å². The number of phosphoric acid groups is 1. The van der Waals surface area contributed by atoms with E-state index in [0.29, 0.717) is 47.1 Å². The highest BCUT2D eigenvalue weighted by Crippen LogP contribution is 2.39. The molecule has 0 bridgehead atoms. The highest BCUT2D eigenvalue weighted by atomic mass is 31.2. The zero-order chi connectivity index (χ0) is 37.4. The number of benzene rings is 2. The van der Waals surface area contributed by atoms with Crippen molar-refractivity contribution in [2.24, 2.45) is 0 Å². The summed E-state index contributed by atoms with van der Waals surface area (Å²) < 4.78 is 24.1. The van der Waals surface area contributed by atoms with E-state index in [2.05, 4.69) is 27.9 Å². The van der Waals surface area contributed by atoms with Gasteiger partial charge in [0.25, 0.3) is 11.8 Å². The van der Waals surface area contributed by atoms with Crippen LogP contribution >= 0.6 is 7.82 Å². The van der Waals surface area contributed by atoms with Gasteiger partial charge in [-0.1, -0.05) is 31.5 Å². The number of pyridine rings is 1. The number of ether oxygens (including phenoxy) is 1. The zero-order valence-electron chi connectivity index (χ0n) is 29.1. The van der Waals surface area contributed by atoms with Crippen LogP contribution in [0.2, 0.25) is 0 Å². The van der Waals surface area contributed by atoms with Gasteiger partial charge < -0.3 is 29.7 Å². The van der Waals surface area contributed by atoms with E-state index in [1.54, 1.807) is 19.1 Å². The van der Waals surface area contributed by atoms with Gasteiger partial charge >= 0.3 is 13.8 Å². The second kappa shape index (κ2) is 17.1. The van der Waals surface area contributed by atoms with E-state index < -0.39 is 25.6 Å². The largest absolute Gasteiger partial charge is 0.524 e. The van der Waals surface area contributed by atoms with Crippen LogP contribution in [0, 0.1) is 6.92 Å². The molecule has 5 N–H and O–H groups in total. The Bertz CT molecular complexity index is 2010. The number of rotatable bonds is 18. The van der Waals surface area contributed by atoms with Crippen molar-refractivity contribution >= 4 is 59.3 Å². The molecule has 1 saturated heterocycles. The van der Waals surface area contributed by atoms with Crippen molar-refractivity contribution in [2.45, 2.75) is 78.2 Å². The minimum absolute atomic E-state index is 0.0185. The molecule has 17 heteroatoms. The third-order valence-electron chi connectivity index (χ3n) is 8.48. The molecular weight excluding hydrogens is 695 g/mol. The highest BCUT2D eigenvalue weighted by Gasteiger charge is 2.32. The predicted octanol–water partition coefficient (Wildman–Crippen LogP) is 3.79. The third-order valence-corrected chi connectivity index (χ3v) is 8.92. The molecule has 0 spiro atoms. The van der Waals surface area contributed by atoms with Gasteiger partial charge in [-0.05, 0) is 61.1 Å². The van der Waals surface area contributed by atoms with Gasteiger partial charge in [0.05, 0.1) is 24.2 Å². The summed E-state index contributed by atoms with van der Waals surface area (Å²) in [6.45, 7) is 5.25. The van der Waals surface area contributed by atoms with Crippen LogP contribution in [0.1, 0.15) is 74.4 Å². The van der Waals surface area contributed by atoms with E-state index in [0.717, 1.165) is 47.1 Å². The number of carbonyl (C=O) groups excluding carboxylic acids is 4. The Morgan fingerprint density at radius 3 is 2.44 bits per heavy atom. The number of unbranched alkanes of at least 4 members (excludes halogenated alkanes) is 1. The number of anilines is 1. The first kappa shape index (κ1) is 38.3. The second-order valence-corrected chi connectivity index (χ2v) is 13.7. The van der Waals surface area contributed by atoms with Gasteiger partial charge in [0.1, 0.15) is 17.1 Å². The van der Waals surface area contributed by atoms with Crippen LogP contribution in [0.5, 0.6) is 5.75 Å². The summed E-state index contributed by atoms with van der Waals surface area (Å²) in [5, 5.41) is 4.12. The number of hydrogen-bond donors (Lipinski definition) is 4. The van der Waals surface area contributed by atoms with Crippen molar-refractivity contribution in [3.63, 3.8) is 0 Å². The Hall–Kier alpha value is -4.89. The molecule has 0 atom stereocenters. The van der Waals surface area contributed by atoms with E-state index in [1.165, 1.54) is 0 Å².